The van der Waals surface area contributed by atoms with E-state index in [2.05, 4.69) is 67.6 Å². The van der Waals surface area contributed by atoms with Crippen molar-refractivity contribution in [2.24, 2.45) is 0 Å². The summed E-state index contributed by atoms with van der Waals surface area (Å²) in [5.74, 6) is 1.32. The van der Waals surface area contributed by atoms with E-state index in [1.165, 1.54) is 17.2 Å². The summed E-state index contributed by atoms with van der Waals surface area (Å²) in [7, 11) is 0. The molecule has 2 N–H and O–H groups in total. The molecule has 0 fully saturated rings. The van der Waals surface area contributed by atoms with Gasteiger partial charge >= 0.3 is 0 Å². The maximum absolute atomic E-state index is 12.2. The van der Waals surface area contributed by atoms with Gasteiger partial charge in [0.25, 0.3) is 0 Å². The highest BCUT2D eigenvalue weighted by Crippen LogP contribution is 2.23. The minimum Gasteiger partial charge on any atom is -0.440 e. The van der Waals surface area contributed by atoms with E-state index in [-0.39, 0.29) is 11.0 Å². The van der Waals surface area contributed by atoms with Crippen molar-refractivity contribution in [3.63, 3.8) is 0 Å². The Morgan fingerprint density at radius 2 is 1.61 bits per heavy atom. The molecular weight excluding hydrogens is 466 g/mol. The fraction of sp³-hybridized carbons (Fsp3) is 0.233. The lowest BCUT2D eigenvalue weighted by molar-refractivity contribution is -0.115. The minimum atomic E-state index is -0.284. The van der Waals surface area contributed by atoms with Crippen LogP contribution in [0.2, 0.25) is 0 Å². The summed E-state index contributed by atoms with van der Waals surface area (Å²) in [5, 5.41) is 5.97. The van der Waals surface area contributed by atoms with Crippen molar-refractivity contribution in [2.75, 3.05) is 5.32 Å². The lowest BCUT2D eigenvalue weighted by Gasteiger charge is -2.09. The lowest BCUT2D eigenvalue weighted by Crippen LogP contribution is -2.32. The summed E-state index contributed by atoms with van der Waals surface area (Å²) < 4.78 is 5.91. The van der Waals surface area contributed by atoms with Crippen molar-refractivity contribution >= 4 is 46.1 Å². The smallest absolute Gasteiger partial charge is 0.250 e. The van der Waals surface area contributed by atoms with Gasteiger partial charge in [0.05, 0.1) is 0 Å². The highest BCUT2D eigenvalue weighted by molar-refractivity contribution is 7.80. The third kappa shape index (κ3) is 6.67. The highest BCUT2D eigenvalue weighted by atomic mass is 32.1. The summed E-state index contributed by atoms with van der Waals surface area (Å²) in [6, 6.07) is 22.1. The number of nitrogens with zero attached hydrogens (tertiary/aromatic N) is 1. The molecular formula is C30H31N3O2S. The molecule has 0 radical (unpaired) electrons. The van der Waals surface area contributed by atoms with E-state index in [4.69, 9.17) is 16.6 Å². The van der Waals surface area contributed by atoms with Gasteiger partial charge in [-0.25, -0.2) is 4.98 Å². The Morgan fingerprint density at radius 1 is 0.944 bits per heavy atom. The number of fused-ring (bicyclic) bond motifs is 1. The van der Waals surface area contributed by atoms with E-state index in [1.54, 1.807) is 6.08 Å². The third-order valence-electron chi connectivity index (χ3n) is 5.96. The van der Waals surface area contributed by atoms with Gasteiger partial charge < -0.3 is 9.73 Å². The molecule has 0 unspecified atom stereocenters. The van der Waals surface area contributed by atoms with Gasteiger partial charge in [-0.3, -0.25) is 10.1 Å². The molecule has 0 aliphatic heterocycles. The van der Waals surface area contributed by atoms with E-state index in [9.17, 15) is 4.79 Å². The highest BCUT2D eigenvalue weighted by Gasteiger charge is 2.09. The second-order valence-electron chi connectivity index (χ2n) is 9.46. The third-order valence-corrected chi connectivity index (χ3v) is 6.16. The van der Waals surface area contributed by atoms with Gasteiger partial charge in [0.1, 0.15) is 5.52 Å². The monoisotopic (exact) mass is 497 g/mol. The molecule has 0 aliphatic carbocycles. The summed E-state index contributed by atoms with van der Waals surface area (Å²) in [6.07, 6.45) is 3.84. The first-order chi connectivity index (χ1) is 17.3. The van der Waals surface area contributed by atoms with Crippen molar-refractivity contribution < 1.29 is 9.21 Å². The number of aromatic nitrogens is 1. The maximum Gasteiger partial charge on any atom is 0.250 e. The molecule has 4 rings (SSSR count). The molecule has 4 aromatic rings. The first kappa shape index (κ1) is 25.3. The molecule has 1 heterocycles. The predicted molar refractivity (Wildman–Crippen MR) is 151 cm³/mol. The molecule has 6 heteroatoms. The van der Waals surface area contributed by atoms with E-state index in [0.29, 0.717) is 24.1 Å². The molecule has 0 saturated heterocycles. The van der Waals surface area contributed by atoms with Crippen LogP contribution >= 0.6 is 12.2 Å². The number of benzene rings is 3. The van der Waals surface area contributed by atoms with Crippen LogP contribution in [-0.2, 0) is 11.2 Å². The molecule has 184 valence electrons. The van der Waals surface area contributed by atoms with Crippen molar-refractivity contribution in [2.45, 2.75) is 46.0 Å². The average Bonchev–Trinajstić information content (AvgIpc) is 3.25. The maximum atomic E-state index is 12.2. The van der Waals surface area contributed by atoms with Crippen LogP contribution in [0.5, 0.6) is 0 Å². The largest absolute Gasteiger partial charge is 0.440 e. The van der Waals surface area contributed by atoms with Crippen LogP contribution < -0.4 is 10.6 Å². The van der Waals surface area contributed by atoms with Gasteiger partial charge in [-0.2, -0.15) is 0 Å². The number of oxazole rings is 1. The molecule has 1 amide bonds. The number of hydrogen-bond donors (Lipinski definition) is 2. The SMILES string of the molecule is CC(C)c1ccc(/C=C/C(=O)NC(=S)Nc2ccc(Cc3nc4cc(C(C)C)ccc4o3)cc2)cc1. The lowest BCUT2D eigenvalue weighted by atomic mass is 10.0. The second kappa shape index (κ2) is 11.3. The van der Waals surface area contributed by atoms with Crippen molar-refractivity contribution in [1.29, 1.82) is 0 Å². The standard InChI is InChI=1S/C30H31N3O2S/c1-19(2)23-10-5-21(6-11-23)9-16-28(34)33-30(36)31-25-13-7-22(8-14-25)17-29-32-26-18-24(20(3)4)12-15-27(26)35-29/h5-16,18-20H,17H2,1-4H3,(H2,31,33,34,36)/b16-9+. The van der Waals surface area contributed by atoms with E-state index < -0.39 is 0 Å². The second-order valence-corrected chi connectivity index (χ2v) is 9.87. The Morgan fingerprint density at radius 3 is 2.28 bits per heavy atom. The number of anilines is 1. The van der Waals surface area contributed by atoms with Gasteiger partial charge in [-0.1, -0.05) is 70.2 Å². The normalized spacial score (nSPS) is 11.5. The number of amides is 1. The van der Waals surface area contributed by atoms with E-state index in [1.807, 2.05) is 42.5 Å². The van der Waals surface area contributed by atoms with Crippen molar-refractivity contribution in [1.82, 2.24) is 10.3 Å². The molecule has 0 atom stereocenters. The summed E-state index contributed by atoms with van der Waals surface area (Å²) in [4.78, 5) is 16.9. The first-order valence-electron chi connectivity index (χ1n) is 12.1. The molecule has 1 aromatic heterocycles. The van der Waals surface area contributed by atoms with Crippen LogP contribution in [0.1, 0.15) is 67.7 Å². The topological polar surface area (TPSA) is 67.2 Å². The minimum absolute atomic E-state index is 0.243. The van der Waals surface area contributed by atoms with Crippen LogP contribution in [0.15, 0.2) is 77.2 Å². The van der Waals surface area contributed by atoms with E-state index in [0.717, 1.165) is 27.9 Å². The zero-order chi connectivity index (χ0) is 25.7. The number of carbonyl (C=O) groups excluding carboxylic acids is 1. The molecule has 36 heavy (non-hydrogen) atoms. The Kier molecular flexibility index (Phi) is 7.96. The Labute approximate surface area is 217 Å². The van der Waals surface area contributed by atoms with Gasteiger partial charge in [-0.05, 0) is 76.6 Å². The fourth-order valence-electron chi connectivity index (χ4n) is 3.79. The van der Waals surface area contributed by atoms with Gasteiger partial charge in [0, 0.05) is 18.2 Å². The molecule has 5 nitrogen and oxygen atoms in total. The summed E-state index contributed by atoms with van der Waals surface area (Å²) in [6.45, 7) is 8.63. The van der Waals surface area contributed by atoms with Crippen LogP contribution in [0.4, 0.5) is 5.69 Å². The van der Waals surface area contributed by atoms with E-state index >= 15 is 0 Å². The number of hydrogen-bond acceptors (Lipinski definition) is 4. The van der Waals surface area contributed by atoms with Crippen LogP contribution in [-0.4, -0.2) is 16.0 Å². The molecule has 3 aromatic carbocycles. The summed E-state index contributed by atoms with van der Waals surface area (Å²) >= 11 is 5.29. The predicted octanol–water partition coefficient (Wildman–Crippen LogP) is 7.19. The Hall–Kier alpha value is -3.77. The molecule has 0 saturated carbocycles. The average molecular weight is 498 g/mol. The van der Waals surface area contributed by atoms with Crippen LogP contribution in [0.3, 0.4) is 0 Å². The van der Waals surface area contributed by atoms with Crippen molar-refractivity contribution in [3.05, 3.63) is 101 Å². The molecule has 0 spiro atoms. The van der Waals surface area contributed by atoms with Crippen molar-refractivity contribution in [3.8, 4) is 0 Å². The van der Waals surface area contributed by atoms with Gasteiger partial charge in [-0.15, -0.1) is 0 Å². The molecule has 0 bridgehead atoms. The van der Waals surface area contributed by atoms with Crippen LogP contribution in [0.25, 0.3) is 17.2 Å². The quantitative estimate of drug-likeness (QED) is 0.209. The number of thiocarbonyl (C=S) groups is 1. The van der Waals surface area contributed by atoms with Crippen LogP contribution in [0, 0.1) is 0 Å². The zero-order valence-electron chi connectivity index (χ0n) is 21.0. The van der Waals surface area contributed by atoms with Gasteiger partial charge in [0.15, 0.2) is 16.6 Å². The summed E-state index contributed by atoms with van der Waals surface area (Å²) in [5.41, 5.74) is 7.02. The molecule has 0 aliphatic rings. The van der Waals surface area contributed by atoms with Gasteiger partial charge in [0.2, 0.25) is 5.91 Å². The zero-order valence-corrected chi connectivity index (χ0v) is 21.9. The Bertz CT molecular complexity index is 1380. The number of nitrogens with one attached hydrogen (secondary N) is 2. The first-order valence-corrected chi connectivity index (χ1v) is 12.6. The number of carbonyl (C=O) groups is 1. The fourth-order valence-corrected chi connectivity index (χ4v) is 4.01. The number of rotatable bonds is 7. The Balaban J connectivity index is 1.30.